The fourth-order valence-electron chi connectivity index (χ4n) is 2.34. The van der Waals surface area contributed by atoms with Crippen molar-refractivity contribution in [2.24, 2.45) is 5.92 Å². The number of carbonyl (C=O) groups is 2. The van der Waals surface area contributed by atoms with Gasteiger partial charge >= 0.3 is 0 Å². The summed E-state index contributed by atoms with van der Waals surface area (Å²) in [5, 5.41) is 6.10. The van der Waals surface area contributed by atoms with E-state index in [-0.39, 0.29) is 17.7 Å². The summed E-state index contributed by atoms with van der Waals surface area (Å²) in [5.74, 6) is 0.343. The third-order valence-corrected chi connectivity index (χ3v) is 3.75. The van der Waals surface area contributed by atoms with Gasteiger partial charge in [-0.3, -0.25) is 9.59 Å². The van der Waals surface area contributed by atoms with E-state index in [0.29, 0.717) is 5.56 Å². The van der Waals surface area contributed by atoms with Crippen LogP contribution in [0.15, 0.2) is 24.3 Å². The summed E-state index contributed by atoms with van der Waals surface area (Å²) in [6.45, 7) is 3.19. The first-order valence-corrected chi connectivity index (χ1v) is 7.15. The third-order valence-electron chi connectivity index (χ3n) is 3.75. The van der Waals surface area contributed by atoms with Crippen LogP contribution >= 0.6 is 0 Å². The highest BCUT2D eigenvalue weighted by molar-refractivity contribution is 5.96. The summed E-state index contributed by atoms with van der Waals surface area (Å²) >= 11 is 0. The highest BCUT2D eigenvalue weighted by Gasteiger charge is 2.29. The molecule has 0 spiro atoms. The lowest BCUT2D eigenvalue weighted by atomic mass is 10.1. The van der Waals surface area contributed by atoms with Gasteiger partial charge in [-0.05, 0) is 37.1 Å². The molecule has 2 N–H and O–H groups in total. The molecular formula is C15H19N3O2. The number of hydrogen-bond acceptors (Lipinski definition) is 3. The van der Waals surface area contributed by atoms with Crippen molar-refractivity contribution in [3.8, 4) is 0 Å². The highest BCUT2D eigenvalue weighted by atomic mass is 16.2. The van der Waals surface area contributed by atoms with E-state index in [0.717, 1.165) is 44.7 Å². The number of piperazine rings is 1. The van der Waals surface area contributed by atoms with Gasteiger partial charge in [-0.25, -0.2) is 0 Å². The van der Waals surface area contributed by atoms with Gasteiger partial charge in [0.1, 0.15) is 0 Å². The van der Waals surface area contributed by atoms with Crippen LogP contribution in [0.1, 0.15) is 23.2 Å². The zero-order valence-electron chi connectivity index (χ0n) is 11.4. The van der Waals surface area contributed by atoms with Gasteiger partial charge in [-0.2, -0.15) is 0 Å². The Hall–Kier alpha value is -1.88. The second kappa shape index (κ2) is 5.63. The standard InChI is InChI=1S/C15H19N3O2/c19-14(11-1-2-11)17-13-5-3-12(4-6-13)15(20)18-9-7-16-8-10-18/h3-6,11,16H,1-2,7-10H2,(H,17,19). The molecule has 5 heteroatoms. The summed E-state index contributed by atoms with van der Waals surface area (Å²) in [5.41, 5.74) is 1.44. The first kappa shape index (κ1) is 13.1. The molecule has 106 valence electrons. The molecule has 1 aromatic rings. The van der Waals surface area contributed by atoms with E-state index in [9.17, 15) is 9.59 Å². The minimum absolute atomic E-state index is 0.0616. The van der Waals surface area contributed by atoms with Crippen LogP contribution in [-0.2, 0) is 4.79 Å². The molecule has 1 heterocycles. The van der Waals surface area contributed by atoms with E-state index in [2.05, 4.69) is 10.6 Å². The lowest BCUT2D eigenvalue weighted by molar-refractivity contribution is -0.117. The molecule has 0 bridgehead atoms. The highest BCUT2D eigenvalue weighted by Crippen LogP contribution is 2.30. The van der Waals surface area contributed by atoms with Crippen LogP contribution in [0.3, 0.4) is 0 Å². The molecule has 2 fully saturated rings. The molecule has 1 saturated heterocycles. The zero-order chi connectivity index (χ0) is 13.9. The minimum Gasteiger partial charge on any atom is -0.336 e. The Bertz CT molecular complexity index is 502. The molecule has 0 radical (unpaired) electrons. The first-order chi connectivity index (χ1) is 9.74. The second-order valence-corrected chi connectivity index (χ2v) is 5.38. The number of hydrogen-bond donors (Lipinski definition) is 2. The second-order valence-electron chi connectivity index (χ2n) is 5.38. The molecule has 1 saturated carbocycles. The summed E-state index contributed by atoms with van der Waals surface area (Å²) < 4.78 is 0. The van der Waals surface area contributed by atoms with E-state index in [1.54, 1.807) is 24.3 Å². The van der Waals surface area contributed by atoms with Crippen LogP contribution in [0.25, 0.3) is 0 Å². The maximum Gasteiger partial charge on any atom is 0.253 e. The van der Waals surface area contributed by atoms with Gasteiger partial charge in [-0.1, -0.05) is 0 Å². The number of amides is 2. The molecule has 2 amide bonds. The molecular weight excluding hydrogens is 254 g/mol. The fraction of sp³-hybridized carbons (Fsp3) is 0.467. The Morgan fingerprint density at radius 3 is 2.35 bits per heavy atom. The third kappa shape index (κ3) is 2.99. The fourth-order valence-corrected chi connectivity index (χ4v) is 2.34. The van der Waals surface area contributed by atoms with Crippen molar-refractivity contribution >= 4 is 17.5 Å². The van der Waals surface area contributed by atoms with Crippen molar-refractivity contribution in [1.82, 2.24) is 10.2 Å². The van der Waals surface area contributed by atoms with Crippen LogP contribution in [0.2, 0.25) is 0 Å². The Balaban J connectivity index is 1.62. The van der Waals surface area contributed by atoms with Gasteiger partial charge in [-0.15, -0.1) is 0 Å². The number of nitrogens with zero attached hydrogens (tertiary/aromatic N) is 1. The maximum absolute atomic E-state index is 12.3. The smallest absolute Gasteiger partial charge is 0.253 e. The van der Waals surface area contributed by atoms with E-state index < -0.39 is 0 Å². The van der Waals surface area contributed by atoms with Crippen molar-refractivity contribution < 1.29 is 9.59 Å². The molecule has 0 unspecified atom stereocenters. The number of carbonyl (C=O) groups excluding carboxylic acids is 2. The van der Waals surface area contributed by atoms with E-state index >= 15 is 0 Å². The Labute approximate surface area is 118 Å². The number of rotatable bonds is 3. The van der Waals surface area contributed by atoms with Crippen molar-refractivity contribution in [2.75, 3.05) is 31.5 Å². The topological polar surface area (TPSA) is 61.4 Å². The summed E-state index contributed by atoms with van der Waals surface area (Å²) in [7, 11) is 0. The quantitative estimate of drug-likeness (QED) is 0.866. The molecule has 2 aliphatic rings. The number of benzene rings is 1. The summed E-state index contributed by atoms with van der Waals surface area (Å²) in [4.78, 5) is 25.8. The summed E-state index contributed by atoms with van der Waals surface area (Å²) in [6, 6.07) is 7.17. The Morgan fingerprint density at radius 2 is 1.75 bits per heavy atom. The molecule has 1 aromatic carbocycles. The molecule has 1 aliphatic carbocycles. The molecule has 5 nitrogen and oxygen atoms in total. The Kier molecular flexibility index (Phi) is 3.69. The summed E-state index contributed by atoms with van der Waals surface area (Å²) in [6.07, 6.45) is 1.98. The van der Waals surface area contributed by atoms with Crippen molar-refractivity contribution in [2.45, 2.75) is 12.8 Å². The zero-order valence-corrected chi connectivity index (χ0v) is 11.4. The molecule has 0 atom stereocenters. The molecule has 0 aromatic heterocycles. The molecule has 1 aliphatic heterocycles. The molecule has 3 rings (SSSR count). The monoisotopic (exact) mass is 273 g/mol. The van der Waals surface area contributed by atoms with Gasteiger partial charge in [0.15, 0.2) is 0 Å². The maximum atomic E-state index is 12.3. The van der Waals surface area contributed by atoms with Crippen LogP contribution < -0.4 is 10.6 Å². The van der Waals surface area contributed by atoms with Gasteiger partial charge in [0.05, 0.1) is 0 Å². The molecule has 20 heavy (non-hydrogen) atoms. The van der Waals surface area contributed by atoms with Crippen LogP contribution in [0.5, 0.6) is 0 Å². The van der Waals surface area contributed by atoms with Crippen LogP contribution in [-0.4, -0.2) is 42.9 Å². The average molecular weight is 273 g/mol. The van der Waals surface area contributed by atoms with Crippen molar-refractivity contribution in [1.29, 1.82) is 0 Å². The van der Waals surface area contributed by atoms with Gasteiger partial charge < -0.3 is 15.5 Å². The number of anilines is 1. The minimum atomic E-state index is 0.0616. The lowest BCUT2D eigenvalue weighted by Crippen LogP contribution is -2.46. The van der Waals surface area contributed by atoms with Crippen molar-refractivity contribution in [3.63, 3.8) is 0 Å². The lowest BCUT2D eigenvalue weighted by Gasteiger charge is -2.27. The van der Waals surface area contributed by atoms with Gasteiger partial charge in [0.2, 0.25) is 5.91 Å². The number of nitrogens with one attached hydrogen (secondary N) is 2. The van der Waals surface area contributed by atoms with Crippen LogP contribution in [0, 0.1) is 5.92 Å². The predicted octanol–water partition coefficient (Wildman–Crippen LogP) is 1.08. The van der Waals surface area contributed by atoms with E-state index in [1.807, 2.05) is 4.90 Å². The predicted molar refractivity (Wildman–Crippen MR) is 76.6 cm³/mol. The van der Waals surface area contributed by atoms with E-state index in [4.69, 9.17) is 0 Å². The van der Waals surface area contributed by atoms with Crippen molar-refractivity contribution in [3.05, 3.63) is 29.8 Å². The Morgan fingerprint density at radius 1 is 1.10 bits per heavy atom. The average Bonchev–Trinajstić information content (AvgIpc) is 3.33. The normalized spacial score (nSPS) is 18.7. The van der Waals surface area contributed by atoms with Crippen LogP contribution in [0.4, 0.5) is 5.69 Å². The SMILES string of the molecule is O=C(Nc1ccc(C(=O)N2CCNCC2)cc1)C1CC1. The van der Waals surface area contributed by atoms with Gasteiger partial charge in [0, 0.05) is 43.3 Å². The largest absolute Gasteiger partial charge is 0.336 e. The van der Waals surface area contributed by atoms with E-state index in [1.165, 1.54) is 0 Å². The van der Waals surface area contributed by atoms with Gasteiger partial charge in [0.25, 0.3) is 5.91 Å². The first-order valence-electron chi connectivity index (χ1n) is 7.15.